The molecule has 3 rings (SSSR count). The van der Waals surface area contributed by atoms with Crippen LogP contribution in [0, 0.1) is 4.77 Å². The van der Waals surface area contributed by atoms with E-state index in [0.29, 0.717) is 23.7 Å². The number of nitrogens with zero attached hydrogens (tertiary/aromatic N) is 1. The molecule has 1 atom stereocenters. The van der Waals surface area contributed by atoms with Gasteiger partial charge in [-0.2, -0.15) is 0 Å². The average molecular weight is 328 g/mol. The van der Waals surface area contributed by atoms with Crippen LogP contribution in [-0.2, 0) is 12.8 Å². The van der Waals surface area contributed by atoms with Crippen LogP contribution in [0.3, 0.4) is 0 Å². The van der Waals surface area contributed by atoms with Gasteiger partial charge in [0.2, 0.25) is 0 Å². The van der Waals surface area contributed by atoms with Crippen LogP contribution < -0.4 is 10.5 Å². The standard InChI is InChI=1S/C14H17N3O2S.ClH/c15-5-4-10-7-16-14(20)17(10)11-6-9-2-1-3-12(18)13(9)19-8-11;/h1-3,7,11,18H,4-6,8,15H2,(H,16,20);1H/t11-;/m1./s1. The van der Waals surface area contributed by atoms with Gasteiger partial charge in [0.1, 0.15) is 6.61 Å². The lowest BCUT2D eigenvalue weighted by Gasteiger charge is -2.28. The first kappa shape index (κ1) is 15.9. The maximum atomic E-state index is 9.79. The van der Waals surface area contributed by atoms with Gasteiger partial charge in [-0.25, -0.2) is 0 Å². The Kier molecular flexibility index (Phi) is 4.92. The summed E-state index contributed by atoms with van der Waals surface area (Å²) in [5.74, 6) is 0.784. The fourth-order valence-electron chi connectivity index (χ4n) is 2.71. The Balaban J connectivity index is 0.00000161. The number of aromatic nitrogens is 2. The lowest BCUT2D eigenvalue weighted by atomic mass is 10.0. The molecule has 5 nitrogen and oxygen atoms in total. The lowest BCUT2D eigenvalue weighted by Crippen LogP contribution is -2.26. The summed E-state index contributed by atoms with van der Waals surface area (Å²) in [6.07, 6.45) is 3.47. The van der Waals surface area contributed by atoms with Crippen molar-refractivity contribution in [2.75, 3.05) is 13.2 Å². The number of H-pyrrole nitrogens is 1. The molecule has 0 unspecified atom stereocenters. The van der Waals surface area contributed by atoms with Gasteiger partial charge in [0.25, 0.3) is 0 Å². The number of ether oxygens (including phenoxy) is 1. The Bertz CT molecular complexity index is 683. The number of hydrogen-bond acceptors (Lipinski definition) is 4. The van der Waals surface area contributed by atoms with Crippen molar-refractivity contribution in [1.29, 1.82) is 0 Å². The van der Waals surface area contributed by atoms with Crippen LogP contribution in [0.1, 0.15) is 17.3 Å². The van der Waals surface area contributed by atoms with Crippen molar-refractivity contribution in [2.24, 2.45) is 5.73 Å². The number of nitrogens with two attached hydrogens (primary N) is 1. The van der Waals surface area contributed by atoms with E-state index in [1.165, 1.54) is 0 Å². The number of para-hydroxylation sites is 1. The van der Waals surface area contributed by atoms with E-state index in [0.717, 1.165) is 24.1 Å². The number of rotatable bonds is 3. The number of phenolic OH excluding ortho intramolecular Hbond substituents is 1. The van der Waals surface area contributed by atoms with Crippen LogP contribution in [-0.4, -0.2) is 27.8 Å². The Morgan fingerprint density at radius 2 is 2.29 bits per heavy atom. The van der Waals surface area contributed by atoms with Gasteiger partial charge in [-0.3, -0.25) is 0 Å². The van der Waals surface area contributed by atoms with Gasteiger partial charge in [-0.1, -0.05) is 12.1 Å². The Morgan fingerprint density at radius 3 is 3.05 bits per heavy atom. The fourth-order valence-corrected chi connectivity index (χ4v) is 3.04. The molecule has 1 aromatic heterocycles. The molecule has 0 saturated carbocycles. The highest BCUT2D eigenvalue weighted by molar-refractivity contribution is 7.71. The van der Waals surface area contributed by atoms with Crippen molar-refractivity contribution in [2.45, 2.75) is 18.9 Å². The van der Waals surface area contributed by atoms with Gasteiger partial charge < -0.3 is 25.1 Å². The highest BCUT2D eigenvalue weighted by Gasteiger charge is 2.25. The van der Waals surface area contributed by atoms with E-state index < -0.39 is 0 Å². The second kappa shape index (κ2) is 6.51. The quantitative estimate of drug-likeness (QED) is 0.756. The monoisotopic (exact) mass is 327 g/mol. The van der Waals surface area contributed by atoms with Crippen molar-refractivity contribution in [3.8, 4) is 11.5 Å². The molecule has 0 amide bonds. The van der Waals surface area contributed by atoms with E-state index in [2.05, 4.69) is 9.55 Å². The SMILES string of the molecule is Cl.NCCc1c[nH]c(=S)n1[C@H]1COc2c(O)cccc2C1. The largest absolute Gasteiger partial charge is 0.504 e. The first-order chi connectivity index (χ1) is 9.70. The maximum absolute atomic E-state index is 9.79. The molecular weight excluding hydrogens is 310 g/mol. The molecule has 0 fully saturated rings. The van der Waals surface area contributed by atoms with Crippen molar-refractivity contribution in [3.05, 3.63) is 40.4 Å². The summed E-state index contributed by atoms with van der Waals surface area (Å²) in [5.41, 5.74) is 7.73. The van der Waals surface area contributed by atoms with Crippen LogP contribution in [0.25, 0.3) is 0 Å². The van der Waals surface area contributed by atoms with E-state index in [9.17, 15) is 5.11 Å². The molecule has 1 aliphatic heterocycles. The molecule has 0 radical (unpaired) electrons. The van der Waals surface area contributed by atoms with E-state index in [1.54, 1.807) is 6.07 Å². The Morgan fingerprint density at radius 1 is 1.48 bits per heavy atom. The predicted octanol–water partition coefficient (Wildman–Crippen LogP) is 2.35. The maximum Gasteiger partial charge on any atom is 0.177 e. The van der Waals surface area contributed by atoms with Crippen LogP contribution in [0.5, 0.6) is 11.5 Å². The first-order valence-corrected chi connectivity index (χ1v) is 7.04. The first-order valence-electron chi connectivity index (χ1n) is 6.63. The zero-order chi connectivity index (χ0) is 14.1. The van der Waals surface area contributed by atoms with Gasteiger partial charge in [0.15, 0.2) is 16.3 Å². The van der Waals surface area contributed by atoms with Crippen LogP contribution in [0.2, 0.25) is 0 Å². The van der Waals surface area contributed by atoms with Crippen LogP contribution >= 0.6 is 24.6 Å². The minimum absolute atomic E-state index is 0. The van der Waals surface area contributed by atoms with E-state index >= 15 is 0 Å². The van der Waals surface area contributed by atoms with Crippen molar-refractivity contribution < 1.29 is 9.84 Å². The van der Waals surface area contributed by atoms with Crippen LogP contribution in [0.4, 0.5) is 0 Å². The van der Waals surface area contributed by atoms with Gasteiger partial charge >= 0.3 is 0 Å². The molecule has 1 aliphatic rings. The van der Waals surface area contributed by atoms with Gasteiger partial charge in [-0.05, 0) is 24.8 Å². The molecule has 2 heterocycles. The third kappa shape index (κ3) is 2.92. The van der Waals surface area contributed by atoms with Crippen molar-refractivity contribution in [3.63, 3.8) is 0 Å². The summed E-state index contributed by atoms with van der Waals surface area (Å²) in [6, 6.07) is 5.57. The second-order valence-corrected chi connectivity index (χ2v) is 5.31. The third-order valence-electron chi connectivity index (χ3n) is 3.61. The summed E-state index contributed by atoms with van der Waals surface area (Å²) in [7, 11) is 0. The molecule has 0 aliphatic carbocycles. The number of phenols is 1. The molecule has 114 valence electrons. The Hall–Kier alpha value is -1.50. The number of benzene rings is 1. The topological polar surface area (TPSA) is 76.2 Å². The van der Waals surface area contributed by atoms with Gasteiger partial charge in [-0.15, -0.1) is 12.4 Å². The molecule has 0 bridgehead atoms. The molecular formula is C14H18ClN3O2S. The summed E-state index contributed by atoms with van der Waals surface area (Å²) in [5, 5.41) is 9.79. The summed E-state index contributed by atoms with van der Waals surface area (Å²) >= 11 is 5.35. The van der Waals surface area contributed by atoms with Gasteiger partial charge in [0, 0.05) is 30.3 Å². The number of halogens is 1. The van der Waals surface area contributed by atoms with Crippen molar-refractivity contribution in [1.82, 2.24) is 9.55 Å². The number of fused-ring (bicyclic) bond motifs is 1. The zero-order valence-electron chi connectivity index (χ0n) is 11.4. The minimum atomic E-state index is 0. The summed E-state index contributed by atoms with van der Waals surface area (Å²) in [6.45, 7) is 1.08. The molecule has 1 aromatic carbocycles. The predicted molar refractivity (Wildman–Crippen MR) is 86.0 cm³/mol. The third-order valence-corrected chi connectivity index (χ3v) is 3.92. The molecule has 21 heavy (non-hydrogen) atoms. The molecule has 7 heteroatoms. The molecule has 2 aromatic rings. The number of imidazole rings is 1. The van der Waals surface area contributed by atoms with E-state index in [1.807, 2.05) is 18.3 Å². The summed E-state index contributed by atoms with van der Waals surface area (Å²) in [4.78, 5) is 3.07. The zero-order valence-corrected chi connectivity index (χ0v) is 13.0. The number of hydrogen-bond donors (Lipinski definition) is 3. The molecule has 4 N–H and O–H groups in total. The number of nitrogens with one attached hydrogen (secondary N) is 1. The number of aromatic hydroxyl groups is 1. The van der Waals surface area contributed by atoms with E-state index in [-0.39, 0.29) is 24.2 Å². The fraction of sp³-hybridized carbons (Fsp3) is 0.357. The van der Waals surface area contributed by atoms with E-state index in [4.69, 9.17) is 22.7 Å². The summed E-state index contributed by atoms with van der Waals surface area (Å²) < 4.78 is 8.48. The van der Waals surface area contributed by atoms with Crippen molar-refractivity contribution >= 4 is 24.6 Å². The number of aromatic amines is 1. The normalized spacial score (nSPS) is 16.7. The molecule has 0 saturated heterocycles. The highest BCUT2D eigenvalue weighted by Crippen LogP contribution is 2.36. The lowest BCUT2D eigenvalue weighted by molar-refractivity contribution is 0.212. The molecule has 0 spiro atoms. The highest BCUT2D eigenvalue weighted by atomic mass is 35.5. The Labute approximate surface area is 134 Å². The smallest absolute Gasteiger partial charge is 0.177 e. The second-order valence-electron chi connectivity index (χ2n) is 4.93. The average Bonchev–Trinajstić information content (AvgIpc) is 2.80. The minimum Gasteiger partial charge on any atom is -0.504 e. The van der Waals surface area contributed by atoms with Crippen LogP contribution in [0.15, 0.2) is 24.4 Å². The van der Waals surface area contributed by atoms with Gasteiger partial charge in [0.05, 0.1) is 6.04 Å².